The Balaban J connectivity index is 1.92. The highest BCUT2D eigenvalue weighted by Gasteiger charge is 2.38. The van der Waals surface area contributed by atoms with Gasteiger partial charge in [0.15, 0.2) is 17.5 Å². The molecule has 1 unspecified atom stereocenters. The fourth-order valence-corrected chi connectivity index (χ4v) is 5.34. The van der Waals surface area contributed by atoms with Crippen LogP contribution in [0.2, 0.25) is 0 Å². The highest BCUT2D eigenvalue weighted by Crippen LogP contribution is 2.33. The lowest BCUT2D eigenvalue weighted by atomic mass is 9.85. The van der Waals surface area contributed by atoms with Crippen LogP contribution < -0.4 is 5.32 Å². The van der Waals surface area contributed by atoms with Crippen molar-refractivity contribution in [2.75, 3.05) is 18.4 Å². The Kier molecular flexibility index (Phi) is 6.69. The molecule has 0 saturated carbocycles. The lowest BCUT2D eigenvalue weighted by Gasteiger charge is -2.32. The summed E-state index contributed by atoms with van der Waals surface area (Å²) in [5.74, 6) is -5.41. The SMILES string of the molecule is C=C(Nc1cc(F)c(F)c(F)c1)c1ccc(F)c(S(=O)(=O)N2CCCC(O)C(C)(C)C2)c1. The van der Waals surface area contributed by atoms with Crippen molar-refractivity contribution in [3.63, 3.8) is 0 Å². The second kappa shape index (κ2) is 8.84. The normalized spacial score (nSPS) is 19.4. The molecule has 0 spiro atoms. The molecular formula is C22H24F4N2O3S. The van der Waals surface area contributed by atoms with Crippen molar-refractivity contribution < 1.29 is 31.1 Å². The monoisotopic (exact) mass is 472 g/mol. The minimum Gasteiger partial charge on any atom is -0.393 e. The van der Waals surface area contributed by atoms with Crippen molar-refractivity contribution in [3.8, 4) is 0 Å². The van der Waals surface area contributed by atoms with Crippen molar-refractivity contribution >= 4 is 21.4 Å². The van der Waals surface area contributed by atoms with E-state index in [2.05, 4.69) is 11.9 Å². The van der Waals surface area contributed by atoms with Gasteiger partial charge in [-0.15, -0.1) is 0 Å². The predicted octanol–water partition coefficient (Wildman–Crippen LogP) is 4.50. The molecule has 32 heavy (non-hydrogen) atoms. The van der Waals surface area contributed by atoms with Gasteiger partial charge >= 0.3 is 0 Å². The van der Waals surface area contributed by atoms with Gasteiger partial charge in [0.25, 0.3) is 0 Å². The number of sulfonamides is 1. The molecule has 0 aromatic heterocycles. The molecule has 0 amide bonds. The average Bonchev–Trinajstić information content (AvgIpc) is 2.84. The molecule has 1 saturated heterocycles. The summed E-state index contributed by atoms with van der Waals surface area (Å²) < 4.78 is 82.3. The van der Waals surface area contributed by atoms with E-state index in [-0.39, 0.29) is 30.0 Å². The van der Waals surface area contributed by atoms with E-state index in [0.29, 0.717) is 12.8 Å². The zero-order chi connectivity index (χ0) is 23.8. The van der Waals surface area contributed by atoms with Crippen molar-refractivity contribution in [1.82, 2.24) is 4.31 Å². The first-order valence-corrected chi connectivity index (χ1v) is 11.4. The van der Waals surface area contributed by atoms with Crippen molar-refractivity contribution in [1.29, 1.82) is 0 Å². The maximum Gasteiger partial charge on any atom is 0.246 e. The Morgan fingerprint density at radius 3 is 2.38 bits per heavy atom. The van der Waals surface area contributed by atoms with E-state index < -0.39 is 49.7 Å². The van der Waals surface area contributed by atoms with Crippen LogP contribution in [-0.4, -0.2) is 37.0 Å². The number of aliphatic hydroxyl groups excluding tert-OH is 1. The lowest BCUT2D eigenvalue weighted by Crippen LogP contribution is -2.41. The molecule has 2 aromatic rings. The highest BCUT2D eigenvalue weighted by atomic mass is 32.2. The molecule has 0 aliphatic carbocycles. The van der Waals surface area contributed by atoms with Crippen LogP contribution in [-0.2, 0) is 10.0 Å². The summed E-state index contributed by atoms with van der Waals surface area (Å²) in [6, 6.07) is 4.73. The minimum atomic E-state index is -4.25. The molecule has 2 aromatic carbocycles. The van der Waals surface area contributed by atoms with E-state index in [1.807, 2.05) is 0 Å². The predicted molar refractivity (Wildman–Crippen MR) is 113 cm³/mol. The molecule has 1 heterocycles. The van der Waals surface area contributed by atoms with E-state index in [9.17, 15) is 31.1 Å². The van der Waals surface area contributed by atoms with E-state index in [1.165, 1.54) is 6.07 Å². The van der Waals surface area contributed by atoms with Crippen LogP contribution in [0.3, 0.4) is 0 Å². The van der Waals surface area contributed by atoms with Gasteiger partial charge in [0.05, 0.1) is 6.10 Å². The van der Waals surface area contributed by atoms with Gasteiger partial charge in [0.1, 0.15) is 10.7 Å². The molecule has 1 fully saturated rings. The van der Waals surface area contributed by atoms with E-state index in [1.54, 1.807) is 13.8 Å². The van der Waals surface area contributed by atoms with Crippen LogP contribution in [0, 0.1) is 28.7 Å². The first-order valence-electron chi connectivity index (χ1n) is 9.91. The number of aliphatic hydroxyl groups is 1. The molecular weight excluding hydrogens is 448 g/mol. The number of halogens is 4. The van der Waals surface area contributed by atoms with Crippen molar-refractivity contribution in [2.45, 2.75) is 37.7 Å². The standard InChI is InChI=1S/C22H24F4N2O3S/c1-13(27-15-10-17(24)21(26)18(25)11-15)14-6-7-16(23)19(9-14)32(30,31)28-8-4-5-20(29)22(2,3)12-28/h6-7,9-11,20,27,29H,1,4-5,8,12H2,2-3H3. The fraction of sp³-hybridized carbons (Fsp3) is 0.364. The van der Waals surface area contributed by atoms with Crippen LogP contribution in [0.1, 0.15) is 32.3 Å². The zero-order valence-electron chi connectivity index (χ0n) is 17.6. The molecule has 174 valence electrons. The van der Waals surface area contributed by atoms with Crippen molar-refractivity contribution in [3.05, 3.63) is 65.7 Å². The Morgan fingerprint density at radius 1 is 1.12 bits per heavy atom. The van der Waals surface area contributed by atoms with E-state index >= 15 is 0 Å². The molecule has 0 bridgehead atoms. The smallest absolute Gasteiger partial charge is 0.246 e. The number of nitrogens with one attached hydrogen (secondary N) is 1. The summed E-state index contributed by atoms with van der Waals surface area (Å²) in [5, 5.41) is 12.8. The Labute approximate surface area is 184 Å². The van der Waals surface area contributed by atoms with Gasteiger partial charge in [-0.1, -0.05) is 20.4 Å². The topological polar surface area (TPSA) is 69.6 Å². The maximum atomic E-state index is 14.6. The summed E-state index contributed by atoms with van der Waals surface area (Å²) in [5.41, 5.74) is -0.689. The first-order chi connectivity index (χ1) is 14.8. The quantitative estimate of drug-likeness (QED) is 0.497. The summed E-state index contributed by atoms with van der Waals surface area (Å²) in [4.78, 5) is -0.582. The van der Waals surface area contributed by atoms with Gasteiger partial charge < -0.3 is 10.4 Å². The molecule has 1 aliphatic rings. The third-order valence-corrected chi connectivity index (χ3v) is 7.41. The lowest BCUT2D eigenvalue weighted by molar-refractivity contribution is 0.0454. The third kappa shape index (κ3) is 4.82. The first kappa shape index (κ1) is 24.2. The second-order valence-electron chi connectivity index (χ2n) is 8.49. The van der Waals surface area contributed by atoms with Crippen LogP contribution in [0.15, 0.2) is 41.8 Å². The highest BCUT2D eigenvalue weighted by molar-refractivity contribution is 7.89. The summed E-state index contributed by atoms with van der Waals surface area (Å²) in [7, 11) is -4.25. The van der Waals surface area contributed by atoms with E-state index in [4.69, 9.17) is 0 Å². The van der Waals surface area contributed by atoms with Crippen LogP contribution in [0.25, 0.3) is 5.70 Å². The Hall–Kier alpha value is -2.43. The number of hydrogen-bond donors (Lipinski definition) is 2. The molecule has 2 N–H and O–H groups in total. The Morgan fingerprint density at radius 2 is 1.75 bits per heavy atom. The van der Waals surface area contributed by atoms with Gasteiger partial charge in [-0.3, -0.25) is 0 Å². The molecule has 0 radical (unpaired) electrons. The minimum absolute atomic E-state index is 0.00744. The van der Waals surface area contributed by atoms with Gasteiger partial charge in [-0.05, 0) is 36.6 Å². The van der Waals surface area contributed by atoms with Gasteiger partial charge in [0, 0.05) is 42.0 Å². The van der Waals surface area contributed by atoms with E-state index in [0.717, 1.165) is 28.6 Å². The number of anilines is 1. The van der Waals surface area contributed by atoms with Crippen LogP contribution >= 0.6 is 0 Å². The third-order valence-electron chi connectivity index (χ3n) is 5.55. The number of rotatable bonds is 5. The Bertz CT molecular complexity index is 1130. The van der Waals surface area contributed by atoms with Gasteiger partial charge in [-0.25, -0.2) is 26.0 Å². The molecule has 1 atom stereocenters. The summed E-state index contributed by atoms with van der Waals surface area (Å²) in [6.07, 6.45) is 0.146. The molecule has 10 heteroatoms. The fourth-order valence-electron chi connectivity index (χ4n) is 3.60. The summed E-state index contributed by atoms with van der Waals surface area (Å²) >= 11 is 0. The van der Waals surface area contributed by atoms with Gasteiger partial charge in [-0.2, -0.15) is 4.31 Å². The molecule has 3 rings (SSSR count). The number of benzene rings is 2. The number of hydrogen-bond acceptors (Lipinski definition) is 4. The molecule has 5 nitrogen and oxygen atoms in total. The summed E-state index contributed by atoms with van der Waals surface area (Å²) in [6.45, 7) is 7.32. The second-order valence-corrected chi connectivity index (χ2v) is 10.4. The van der Waals surface area contributed by atoms with Gasteiger partial charge in [0.2, 0.25) is 10.0 Å². The average molecular weight is 473 g/mol. The number of nitrogens with zero attached hydrogens (tertiary/aromatic N) is 1. The van der Waals surface area contributed by atoms with Crippen LogP contribution in [0.5, 0.6) is 0 Å². The zero-order valence-corrected chi connectivity index (χ0v) is 18.4. The largest absolute Gasteiger partial charge is 0.393 e. The maximum absolute atomic E-state index is 14.6. The van der Waals surface area contributed by atoms with Crippen molar-refractivity contribution in [2.24, 2.45) is 5.41 Å². The molecule has 1 aliphatic heterocycles. The van der Waals surface area contributed by atoms with Crippen LogP contribution in [0.4, 0.5) is 23.2 Å².